The Labute approximate surface area is 281 Å². The van der Waals surface area contributed by atoms with Crippen LogP contribution in [-0.4, -0.2) is 60.5 Å². The van der Waals surface area contributed by atoms with Gasteiger partial charge in [-0.2, -0.15) is 0 Å². The largest absolute Gasteiger partial charge is 0.493 e. The standard InChI is InChI=1S/C36H45N3O9/c1-10-19(2)32(36(42)38-22-16-29(44-5)33(46-7)30(17-22)45-6)39-26-14-12-23-24(18-27(26)41)25(37-20(3)40)13-11-21-15-28(43-4)34(47-8)35(48-9)31(21)23/h12,14-19,25,32H,10-11,13H2,1-9H3,(H,37,40)(H,38,42)(H,39,41)/t19-,25-,32+/m0/s1. The lowest BCUT2D eigenvalue weighted by atomic mass is 9.95. The molecular weight excluding hydrogens is 618 g/mol. The zero-order valence-electron chi connectivity index (χ0n) is 29.0. The molecule has 12 heteroatoms. The number of fused-ring (bicyclic) bond motifs is 3. The number of carbonyl (C=O) groups is 2. The smallest absolute Gasteiger partial charge is 0.247 e. The molecule has 12 nitrogen and oxygen atoms in total. The highest BCUT2D eigenvalue weighted by atomic mass is 16.5. The molecule has 3 aromatic carbocycles. The van der Waals surface area contributed by atoms with Crippen LogP contribution < -0.4 is 49.8 Å². The quantitative estimate of drug-likeness (QED) is 0.219. The van der Waals surface area contributed by atoms with Crippen LogP contribution in [0, 0.1) is 5.92 Å². The lowest BCUT2D eigenvalue weighted by Gasteiger charge is -2.24. The second-order valence-electron chi connectivity index (χ2n) is 11.5. The van der Waals surface area contributed by atoms with Crippen molar-refractivity contribution >= 4 is 23.2 Å². The van der Waals surface area contributed by atoms with E-state index in [0.29, 0.717) is 70.6 Å². The van der Waals surface area contributed by atoms with Gasteiger partial charge in [-0.25, -0.2) is 0 Å². The first-order chi connectivity index (χ1) is 23.0. The normalized spacial score (nSPS) is 14.6. The molecule has 0 heterocycles. The molecule has 0 spiro atoms. The molecule has 0 radical (unpaired) electrons. The number of carbonyl (C=O) groups excluding carboxylic acids is 2. The molecule has 3 N–H and O–H groups in total. The first-order valence-electron chi connectivity index (χ1n) is 15.7. The molecule has 0 aromatic heterocycles. The van der Waals surface area contributed by atoms with Gasteiger partial charge in [0.1, 0.15) is 6.04 Å². The summed E-state index contributed by atoms with van der Waals surface area (Å²) in [5, 5.41) is 9.18. The number of anilines is 2. The average molecular weight is 664 g/mol. The van der Waals surface area contributed by atoms with Gasteiger partial charge in [0.05, 0.1) is 54.4 Å². The van der Waals surface area contributed by atoms with E-state index in [1.165, 1.54) is 41.4 Å². The van der Waals surface area contributed by atoms with Gasteiger partial charge in [-0.15, -0.1) is 0 Å². The third-order valence-electron chi connectivity index (χ3n) is 8.65. The molecule has 0 saturated carbocycles. The van der Waals surface area contributed by atoms with E-state index in [2.05, 4.69) is 16.0 Å². The Morgan fingerprint density at radius 1 is 0.833 bits per heavy atom. The fourth-order valence-electron chi connectivity index (χ4n) is 6.07. The number of ether oxygens (including phenoxy) is 6. The first-order valence-corrected chi connectivity index (χ1v) is 15.7. The van der Waals surface area contributed by atoms with Crippen molar-refractivity contribution in [2.24, 2.45) is 5.92 Å². The van der Waals surface area contributed by atoms with E-state index in [9.17, 15) is 14.4 Å². The maximum atomic E-state index is 14.0. The highest BCUT2D eigenvalue weighted by Gasteiger charge is 2.31. The molecule has 3 atom stereocenters. The summed E-state index contributed by atoms with van der Waals surface area (Å²) in [4.78, 5) is 40.1. The number of methoxy groups -OCH3 is 6. The predicted octanol–water partition coefficient (Wildman–Crippen LogP) is 5.35. The number of amides is 2. The van der Waals surface area contributed by atoms with Crippen LogP contribution in [0.15, 0.2) is 41.2 Å². The molecule has 0 fully saturated rings. The van der Waals surface area contributed by atoms with E-state index in [4.69, 9.17) is 28.4 Å². The minimum Gasteiger partial charge on any atom is -0.493 e. The van der Waals surface area contributed by atoms with Crippen LogP contribution in [0.5, 0.6) is 34.5 Å². The highest BCUT2D eigenvalue weighted by molar-refractivity contribution is 5.97. The van der Waals surface area contributed by atoms with Gasteiger partial charge >= 0.3 is 0 Å². The Bertz CT molecular complexity index is 1700. The second kappa shape index (κ2) is 15.6. The topological polar surface area (TPSA) is 143 Å². The van der Waals surface area contributed by atoms with E-state index < -0.39 is 12.1 Å². The summed E-state index contributed by atoms with van der Waals surface area (Å²) in [7, 11) is 9.13. The number of rotatable bonds is 13. The zero-order chi connectivity index (χ0) is 35.1. The van der Waals surface area contributed by atoms with Crippen LogP contribution in [-0.2, 0) is 16.0 Å². The van der Waals surface area contributed by atoms with Crippen molar-refractivity contribution < 1.29 is 38.0 Å². The summed E-state index contributed by atoms with van der Waals surface area (Å²) < 4.78 is 33.5. The van der Waals surface area contributed by atoms with Crippen LogP contribution in [0.4, 0.5) is 11.4 Å². The van der Waals surface area contributed by atoms with Crippen LogP contribution in [0.1, 0.15) is 50.8 Å². The Morgan fingerprint density at radius 2 is 1.44 bits per heavy atom. The van der Waals surface area contributed by atoms with E-state index in [-0.39, 0.29) is 28.8 Å². The number of aryl methyl sites for hydroxylation is 1. The highest BCUT2D eigenvalue weighted by Crippen LogP contribution is 2.50. The zero-order valence-corrected chi connectivity index (χ0v) is 29.0. The molecule has 4 rings (SSSR count). The van der Waals surface area contributed by atoms with Crippen molar-refractivity contribution in [3.05, 3.63) is 57.7 Å². The molecule has 0 unspecified atom stereocenters. The van der Waals surface area contributed by atoms with Crippen LogP contribution in [0.25, 0.3) is 11.1 Å². The van der Waals surface area contributed by atoms with Gasteiger partial charge in [-0.1, -0.05) is 26.3 Å². The molecular formula is C36H45N3O9. The lowest BCUT2D eigenvalue weighted by Crippen LogP contribution is -2.40. The van der Waals surface area contributed by atoms with Gasteiger partial charge in [0.25, 0.3) is 0 Å². The second-order valence-corrected chi connectivity index (χ2v) is 11.5. The molecule has 0 saturated heterocycles. The Balaban J connectivity index is 1.84. The molecule has 0 bridgehead atoms. The molecule has 1 aliphatic rings. The van der Waals surface area contributed by atoms with Gasteiger partial charge in [0.15, 0.2) is 23.0 Å². The van der Waals surface area contributed by atoms with E-state index in [1.807, 2.05) is 26.0 Å². The number of benzene rings is 2. The van der Waals surface area contributed by atoms with Crippen molar-refractivity contribution in [2.45, 2.75) is 52.1 Å². The van der Waals surface area contributed by atoms with Gasteiger partial charge in [-0.3, -0.25) is 14.4 Å². The summed E-state index contributed by atoms with van der Waals surface area (Å²) in [5.74, 6) is 1.79. The van der Waals surface area contributed by atoms with Crippen molar-refractivity contribution in [3.8, 4) is 45.6 Å². The van der Waals surface area contributed by atoms with Gasteiger partial charge in [-0.05, 0) is 53.6 Å². The summed E-state index contributed by atoms with van der Waals surface area (Å²) in [6.07, 6.45) is 1.75. The van der Waals surface area contributed by atoms with E-state index in [0.717, 1.165) is 11.1 Å². The molecule has 48 heavy (non-hydrogen) atoms. The third-order valence-corrected chi connectivity index (χ3v) is 8.65. The molecule has 3 aromatic rings. The van der Waals surface area contributed by atoms with E-state index in [1.54, 1.807) is 32.4 Å². The van der Waals surface area contributed by atoms with Crippen molar-refractivity contribution in [2.75, 3.05) is 53.3 Å². The molecule has 1 aliphatic carbocycles. The summed E-state index contributed by atoms with van der Waals surface area (Å²) in [6.45, 7) is 5.35. The number of nitrogens with one attached hydrogen (secondary N) is 3. The minimum absolute atomic E-state index is 0.167. The third kappa shape index (κ3) is 7.22. The van der Waals surface area contributed by atoms with Gasteiger partial charge in [0, 0.05) is 30.3 Å². The van der Waals surface area contributed by atoms with E-state index >= 15 is 0 Å². The maximum Gasteiger partial charge on any atom is 0.247 e. The molecule has 2 amide bonds. The SMILES string of the molecule is CC[C@H](C)[C@@H](Nc1ccc2c(cc1=O)[C@@H](NC(C)=O)CCc1cc(OC)c(OC)c(OC)c1-2)C(=O)Nc1cc(OC)c(OC)c(OC)c1. The predicted molar refractivity (Wildman–Crippen MR) is 184 cm³/mol. The van der Waals surface area contributed by atoms with Gasteiger partial charge in [0.2, 0.25) is 28.7 Å². The molecule has 0 aliphatic heterocycles. The van der Waals surface area contributed by atoms with Crippen molar-refractivity contribution in [1.82, 2.24) is 5.32 Å². The van der Waals surface area contributed by atoms with Crippen LogP contribution in [0.2, 0.25) is 0 Å². The molecule has 258 valence electrons. The first kappa shape index (κ1) is 35.7. The summed E-state index contributed by atoms with van der Waals surface area (Å²) in [6, 6.07) is 8.93. The van der Waals surface area contributed by atoms with Crippen molar-refractivity contribution in [1.29, 1.82) is 0 Å². The minimum atomic E-state index is -0.790. The summed E-state index contributed by atoms with van der Waals surface area (Å²) >= 11 is 0. The van der Waals surface area contributed by atoms with Gasteiger partial charge < -0.3 is 44.4 Å². The number of hydrogen-bond donors (Lipinski definition) is 3. The van der Waals surface area contributed by atoms with Crippen LogP contribution in [0.3, 0.4) is 0 Å². The number of hydrogen-bond acceptors (Lipinski definition) is 10. The maximum absolute atomic E-state index is 14.0. The Hall–Kier alpha value is -5.13. The monoisotopic (exact) mass is 663 g/mol. The fourth-order valence-corrected chi connectivity index (χ4v) is 6.07. The Morgan fingerprint density at radius 3 is 1.98 bits per heavy atom. The Kier molecular flexibility index (Phi) is 11.6. The average Bonchev–Trinajstić information content (AvgIpc) is 3.32. The lowest BCUT2D eigenvalue weighted by molar-refractivity contribution is -0.120. The fraction of sp³-hybridized carbons (Fsp3) is 0.417. The summed E-state index contributed by atoms with van der Waals surface area (Å²) in [5.41, 5.74) is 3.26. The van der Waals surface area contributed by atoms with Crippen molar-refractivity contribution in [3.63, 3.8) is 0 Å². The van der Waals surface area contributed by atoms with Crippen LogP contribution >= 0.6 is 0 Å².